The minimum absolute atomic E-state index is 0.110. The first-order chi connectivity index (χ1) is 10.3. The van der Waals surface area contributed by atoms with Gasteiger partial charge in [-0.15, -0.1) is 0 Å². The van der Waals surface area contributed by atoms with Gasteiger partial charge in [0.05, 0.1) is 19.1 Å². The molecule has 1 aromatic rings. The van der Waals surface area contributed by atoms with E-state index >= 15 is 0 Å². The highest BCUT2D eigenvalue weighted by Gasteiger charge is 2.20. The van der Waals surface area contributed by atoms with Gasteiger partial charge in [-0.25, -0.2) is 4.79 Å². The molecule has 6 nitrogen and oxygen atoms in total. The lowest BCUT2D eigenvalue weighted by molar-refractivity contribution is -0.143. The lowest BCUT2D eigenvalue weighted by atomic mass is 10.2. The Bertz CT molecular complexity index is 481. The van der Waals surface area contributed by atoms with Crippen LogP contribution in [-0.4, -0.2) is 42.0 Å². The molecule has 0 aliphatic rings. The highest BCUT2D eigenvalue weighted by Crippen LogP contribution is 2.07. The van der Waals surface area contributed by atoms with E-state index in [1.165, 1.54) is 0 Å². The largest absolute Gasteiger partial charge is 0.463 e. The van der Waals surface area contributed by atoms with Gasteiger partial charge in [-0.1, -0.05) is 30.3 Å². The van der Waals surface area contributed by atoms with Crippen LogP contribution in [0, 0.1) is 0 Å². The number of rotatable bonds is 6. The maximum Gasteiger partial charge on any atom is 0.408 e. The quantitative estimate of drug-likeness (QED) is 0.781. The number of esters is 1. The minimum Gasteiger partial charge on any atom is -0.463 e. The van der Waals surface area contributed by atoms with E-state index < -0.39 is 23.7 Å². The number of aliphatic hydroxyl groups excluding tert-OH is 1. The van der Waals surface area contributed by atoms with Crippen molar-refractivity contribution in [1.29, 1.82) is 0 Å². The number of ether oxygens (including phenoxy) is 2. The maximum absolute atomic E-state index is 11.7. The summed E-state index contributed by atoms with van der Waals surface area (Å²) in [5.74, 6) is -0.421. The highest BCUT2D eigenvalue weighted by atomic mass is 16.6. The van der Waals surface area contributed by atoms with Crippen molar-refractivity contribution in [2.24, 2.45) is 0 Å². The van der Waals surface area contributed by atoms with Crippen molar-refractivity contribution in [3.8, 4) is 0 Å². The van der Waals surface area contributed by atoms with Gasteiger partial charge in [0.25, 0.3) is 0 Å². The van der Waals surface area contributed by atoms with E-state index in [9.17, 15) is 14.7 Å². The summed E-state index contributed by atoms with van der Waals surface area (Å²) in [5, 5.41) is 11.7. The molecule has 0 radical (unpaired) electrons. The molecule has 2 N–H and O–H groups in total. The number of alkyl carbamates (subject to hydrolysis) is 1. The van der Waals surface area contributed by atoms with Gasteiger partial charge >= 0.3 is 12.1 Å². The number of nitrogens with one attached hydrogen (secondary N) is 1. The predicted octanol–water partition coefficient (Wildman–Crippen LogP) is 1.66. The molecular weight excluding hydrogens is 286 g/mol. The summed E-state index contributed by atoms with van der Waals surface area (Å²) >= 11 is 0. The molecule has 0 unspecified atom stereocenters. The van der Waals surface area contributed by atoms with Crippen molar-refractivity contribution < 1.29 is 24.2 Å². The molecule has 0 aliphatic carbocycles. The Labute approximate surface area is 130 Å². The predicted molar refractivity (Wildman–Crippen MR) is 81.3 cm³/mol. The fourth-order valence-corrected chi connectivity index (χ4v) is 1.62. The Morgan fingerprint density at radius 3 is 2.41 bits per heavy atom. The topological polar surface area (TPSA) is 84.9 Å². The molecule has 1 amide bonds. The second-order valence-electron chi connectivity index (χ2n) is 5.87. The van der Waals surface area contributed by atoms with Gasteiger partial charge in [-0.3, -0.25) is 4.79 Å². The Balaban J connectivity index is 2.37. The number of hydrogen-bond acceptors (Lipinski definition) is 5. The zero-order valence-electron chi connectivity index (χ0n) is 13.2. The van der Waals surface area contributed by atoms with Gasteiger partial charge < -0.3 is 19.9 Å². The van der Waals surface area contributed by atoms with Crippen LogP contribution < -0.4 is 5.32 Å². The third-order valence-corrected chi connectivity index (χ3v) is 2.58. The van der Waals surface area contributed by atoms with Crippen molar-refractivity contribution in [1.82, 2.24) is 5.32 Å². The molecule has 122 valence electrons. The molecule has 0 heterocycles. The second kappa shape index (κ2) is 8.38. The summed E-state index contributed by atoms with van der Waals surface area (Å²) in [6.07, 6.45) is -0.517. The zero-order chi connectivity index (χ0) is 16.6. The van der Waals surface area contributed by atoms with Gasteiger partial charge in [-0.2, -0.15) is 0 Å². The molecule has 1 atom stereocenters. The van der Waals surface area contributed by atoms with Gasteiger partial charge in [0.15, 0.2) is 0 Å². The van der Waals surface area contributed by atoms with Crippen LogP contribution in [0.5, 0.6) is 0 Å². The molecule has 0 fully saturated rings. The second-order valence-corrected chi connectivity index (χ2v) is 5.87. The van der Waals surface area contributed by atoms with Crippen LogP contribution >= 0.6 is 0 Å². The van der Waals surface area contributed by atoms with Crippen molar-refractivity contribution in [3.05, 3.63) is 35.9 Å². The van der Waals surface area contributed by atoms with E-state index in [4.69, 9.17) is 9.47 Å². The summed E-state index contributed by atoms with van der Waals surface area (Å²) in [6, 6.07) is 8.48. The van der Waals surface area contributed by atoms with Gasteiger partial charge in [-0.05, 0) is 26.3 Å². The minimum atomic E-state index is -0.699. The molecule has 1 aromatic carbocycles. The summed E-state index contributed by atoms with van der Waals surface area (Å²) in [7, 11) is 0. The first-order valence-electron chi connectivity index (χ1n) is 7.10. The smallest absolute Gasteiger partial charge is 0.408 e. The Kier molecular flexibility index (Phi) is 6.85. The summed E-state index contributed by atoms with van der Waals surface area (Å²) < 4.78 is 10.1. The maximum atomic E-state index is 11.7. The van der Waals surface area contributed by atoms with Crippen molar-refractivity contribution in [3.63, 3.8) is 0 Å². The highest BCUT2D eigenvalue weighted by molar-refractivity contribution is 5.72. The fourth-order valence-electron chi connectivity index (χ4n) is 1.62. The van der Waals surface area contributed by atoms with E-state index in [1.54, 1.807) is 20.8 Å². The van der Waals surface area contributed by atoms with Gasteiger partial charge in [0.1, 0.15) is 12.2 Å². The molecule has 0 saturated carbocycles. The van der Waals surface area contributed by atoms with Crippen LogP contribution in [0.1, 0.15) is 26.3 Å². The van der Waals surface area contributed by atoms with E-state index in [1.807, 2.05) is 30.3 Å². The van der Waals surface area contributed by atoms with Crippen molar-refractivity contribution >= 4 is 12.1 Å². The lowest BCUT2D eigenvalue weighted by Crippen LogP contribution is -2.44. The molecule has 22 heavy (non-hydrogen) atoms. The van der Waals surface area contributed by atoms with Crippen LogP contribution in [-0.2, 0) is 20.7 Å². The number of carbonyl (C=O) groups is 2. The molecule has 0 bridgehead atoms. The van der Waals surface area contributed by atoms with E-state index in [0.29, 0.717) is 0 Å². The summed E-state index contributed by atoms with van der Waals surface area (Å²) in [6.45, 7) is 4.75. The fraction of sp³-hybridized carbons (Fsp3) is 0.500. The zero-order valence-corrected chi connectivity index (χ0v) is 13.2. The van der Waals surface area contributed by atoms with Crippen LogP contribution in [0.2, 0.25) is 0 Å². The number of hydrogen-bond donors (Lipinski definition) is 2. The molecule has 6 heteroatoms. The number of aliphatic hydroxyl groups is 1. The Hall–Kier alpha value is -2.08. The van der Waals surface area contributed by atoms with E-state index in [2.05, 4.69) is 5.32 Å². The molecule has 1 rings (SSSR count). The van der Waals surface area contributed by atoms with Gasteiger partial charge in [0, 0.05) is 0 Å². The summed E-state index contributed by atoms with van der Waals surface area (Å²) in [5.41, 5.74) is 0.210. The average Bonchev–Trinajstić information content (AvgIpc) is 2.42. The number of benzene rings is 1. The standard InChI is InChI=1S/C16H23NO5/c1-16(2,3)22-15(20)17-13(10-18)11-21-14(19)9-12-7-5-4-6-8-12/h4-8,13,18H,9-11H2,1-3H3,(H,17,20)/t13-/m0/s1. The van der Waals surface area contributed by atoms with Crippen molar-refractivity contribution in [2.75, 3.05) is 13.2 Å². The molecule has 0 saturated heterocycles. The summed E-state index contributed by atoms with van der Waals surface area (Å²) in [4.78, 5) is 23.3. The molecular formula is C16H23NO5. The molecule has 0 spiro atoms. The SMILES string of the molecule is CC(C)(C)OC(=O)N[C@@H](CO)COC(=O)Cc1ccccc1. The van der Waals surface area contributed by atoms with Crippen molar-refractivity contribution in [2.45, 2.75) is 38.8 Å². The van der Waals surface area contributed by atoms with Gasteiger partial charge in [0.2, 0.25) is 0 Å². The van der Waals surface area contributed by atoms with E-state index in [0.717, 1.165) is 5.56 Å². The Morgan fingerprint density at radius 1 is 1.23 bits per heavy atom. The van der Waals surface area contributed by atoms with E-state index in [-0.39, 0.29) is 19.6 Å². The number of carbonyl (C=O) groups excluding carboxylic acids is 2. The average molecular weight is 309 g/mol. The van der Waals surface area contributed by atoms with Crippen LogP contribution in [0.25, 0.3) is 0 Å². The number of amides is 1. The lowest BCUT2D eigenvalue weighted by Gasteiger charge is -2.22. The third-order valence-electron chi connectivity index (χ3n) is 2.58. The first kappa shape index (κ1) is 18.0. The van der Waals surface area contributed by atoms with Crippen LogP contribution in [0.4, 0.5) is 4.79 Å². The first-order valence-corrected chi connectivity index (χ1v) is 7.10. The molecule has 0 aromatic heterocycles. The Morgan fingerprint density at radius 2 is 1.86 bits per heavy atom. The van der Waals surface area contributed by atoms with Crippen LogP contribution in [0.15, 0.2) is 30.3 Å². The normalized spacial score (nSPS) is 12.4. The monoisotopic (exact) mass is 309 g/mol. The molecule has 0 aliphatic heterocycles. The third kappa shape index (κ3) is 7.64. The van der Waals surface area contributed by atoms with Crippen LogP contribution in [0.3, 0.4) is 0 Å².